The molecular formula is C15H19N3O. The molecule has 3 rings (SSSR count). The molecule has 0 spiro atoms. The van der Waals surface area contributed by atoms with E-state index in [1.54, 1.807) is 0 Å². The summed E-state index contributed by atoms with van der Waals surface area (Å²) in [7, 11) is 0. The lowest BCUT2D eigenvalue weighted by atomic mass is 10.1. The maximum atomic E-state index is 5.39. The average molecular weight is 257 g/mol. The molecule has 0 saturated carbocycles. The molecule has 0 saturated heterocycles. The van der Waals surface area contributed by atoms with Gasteiger partial charge in [-0.25, -0.2) is 0 Å². The van der Waals surface area contributed by atoms with E-state index in [1.165, 1.54) is 11.1 Å². The van der Waals surface area contributed by atoms with Crippen molar-refractivity contribution in [3.63, 3.8) is 0 Å². The van der Waals surface area contributed by atoms with Crippen molar-refractivity contribution in [3.8, 4) is 0 Å². The van der Waals surface area contributed by atoms with Gasteiger partial charge >= 0.3 is 0 Å². The minimum absolute atomic E-state index is 0.778. The zero-order valence-electron chi connectivity index (χ0n) is 11.2. The van der Waals surface area contributed by atoms with Crippen LogP contribution in [0.1, 0.15) is 29.5 Å². The summed E-state index contributed by atoms with van der Waals surface area (Å²) < 4.78 is 5.39. The van der Waals surface area contributed by atoms with Gasteiger partial charge in [-0.3, -0.25) is 4.90 Å². The Labute approximate surface area is 113 Å². The summed E-state index contributed by atoms with van der Waals surface area (Å²) in [6.45, 7) is 6.64. The number of nitrogens with one attached hydrogen (secondary N) is 1. The van der Waals surface area contributed by atoms with Crippen molar-refractivity contribution < 1.29 is 4.52 Å². The van der Waals surface area contributed by atoms with Crippen molar-refractivity contribution >= 4 is 0 Å². The molecule has 0 atom stereocenters. The molecule has 4 nitrogen and oxygen atoms in total. The van der Waals surface area contributed by atoms with Gasteiger partial charge in [0.2, 0.25) is 0 Å². The van der Waals surface area contributed by atoms with Crippen LogP contribution in [0.2, 0.25) is 0 Å². The highest BCUT2D eigenvalue weighted by Crippen LogP contribution is 2.23. The fourth-order valence-corrected chi connectivity index (χ4v) is 2.50. The molecule has 1 aromatic carbocycles. The van der Waals surface area contributed by atoms with E-state index in [2.05, 4.69) is 46.6 Å². The summed E-state index contributed by atoms with van der Waals surface area (Å²) in [6.07, 6.45) is 0. The molecule has 0 fully saturated rings. The third-order valence-corrected chi connectivity index (χ3v) is 3.45. The largest absolute Gasteiger partial charge is 0.360 e. The predicted octanol–water partition coefficient (Wildman–Crippen LogP) is 2.30. The Kier molecular flexibility index (Phi) is 3.62. The Morgan fingerprint density at radius 3 is 2.68 bits per heavy atom. The molecule has 1 aliphatic heterocycles. The second kappa shape index (κ2) is 5.55. The molecule has 1 N–H and O–H groups in total. The number of benzene rings is 1. The monoisotopic (exact) mass is 257 g/mol. The van der Waals surface area contributed by atoms with E-state index >= 15 is 0 Å². The highest BCUT2D eigenvalue weighted by Gasteiger charge is 2.19. The Balaban J connectivity index is 1.60. The van der Waals surface area contributed by atoms with Crippen molar-refractivity contribution in [2.24, 2.45) is 0 Å². The number of hydrogen-bond acceptors (Lipinski definition) is 4. The summed E-state index contributed by atoms with van der Waals surface area (Å²) in [4.78, 5) is 2.38. The third-order valence-electron chi connectivity index (χ3n) is 3.45. The smallest absolute Gasteiger partial charge is 0.151 e. The SMILES string of the molecule is CCNCc1cc(CN2Cc3ccccc3C2)on1. The van der Waals surface area contributed by atoms with Crippen molar-refractivity contribution in [2.45, 2.75) is 33.1 Å². The van der Waals surface area contributed by atoms with Gasteiger partial charge in [0, 0.05) is 25.7 Å². The maximum Gasteiger partial charge on any atom is 0.151 e. The lowest BCUT2D eigenvalue weighted by molar-refractivity contribution is 0.235. The summed E-state index contributed by atoms with van der Waals surface area (Å²) in [5, 5.41) is 7.33. The van der Waals surface area contributed by atoms with Crippen LogP contribution in [0.3, 0.4) is 0 Å². The van der Waals surface area contributed by atoms with E-state index in [0.717, 1.165) is 44.2 Å². The van der Waals surface area contributed by atoms with Gasteiger partial charge in [-0.2, -0.15) is 0 Å². The zero-order valence-corrected chi connectivity index (χ0v) is 11.2. The first kappa shape index (κ1) is 12.4. The average Bonchev–Trinajstić information content (AvgIpc) is 3.02. The number of nitrogens with zero attached hydrogens (tertiary/aromatic N) is 2. The maximum absolute atomic E-state index is 5.39. The normalized spacial score (nSPS) is 14.8. The number of hydrogen-bond donors (Lipinski definition) is 1. The van der Waals surface area contributed by atoms with Crippen LogP contribution < -0.4 is 5.32 Å². The first-order valence-electron chi connectivity index (χ1n) is 6.79. The van der Waals surface area contributed by atoms with Crippen LogP contribution >= 0.6 is 0 Å². The van der Waals surface area contributed by atoms with Crippen LogP contribution in [0.25, 0.3) is 0 Å². The highest BCUT2D eigenvalue weighted by molar-refractivity contribution is 5.30. The van der Waals surface area contributed by atoms with Gasteiger partial charge in [0.1, 0.15) is 0 Å². The van der Waals surface area contributed by atoms with Gasteiger partial charge in [-0.1, -0.05) is 36.3 Å². The number of rotatable bonds is 5. The van der Waals surface area contributed by atoms with Crippen LogP contribution in [0, 0.1) is 0 Å². The molecule has 0 amide bonds. The molecule has 19 heavy (non-hydrogen) atoms. The lowest BCUT2D eigenvalue weighted by Gasteiger charge is -2.11. The molecule has 0 unspecified atom stereocenters. The second-order valence-corrected chi connectivity index (χ2v) is 4.98. The lowest BCUT2D eigenvalue weighted by Crippen LogP contribution is -2.15. The first-order chi connectivity index (χ1) is 9.35. The van der Waals surface area contributed by atoms with Gasteiger partial charge in [0.25, 0.3) is 0 Å². The quantitative estimate of drug-likeness (QED) is 0.892. The minimum atomic E-state index is 0.778. The topological polar surface area (TPSA) is 41.3 Å². The zero-order chi connectivity index (χ0) is 13.1. The van der Waals surface area contributed by atoms with Crippen LogP contribution in [0.15, 0.2) is 34.9 Å². The van der Waals surface area contributed by atoms with E-state index in [4.69, 9.17) is 4.52 Å². The van der Waals surface area contributed by atoms with Crippen LogP contribution in [0.5, 0.6) is 0 Å². The number of fused-ring (bicyclic) bond motifs is 1. The molecule has 0 bridgehead atoms. The summed E-state index contributed by atoms with van der Waals surface area (Å²) >= 11 is 0. The van der Waals surface area contributed by atoms with E-state index in [-0.39, 0.29) is 0 Å². The Hall–Kier alpha value is -1.65. The Bertz CT molecular complexity index is 525. The molecule has 1 aliphatic rings. The van der Waals surface area contributed by atoms with Gasteiger partial charge in [-0.15, -0.1) is 0 Å². The van der Waals surface area contributed by atoms with Crippen molar-refractivity contribution in [3.05, 3.63) is 52.9 Å². The van der Waals surface area contributed by atoms with E-state index in [9.17, 15) is 0 Å². The van der Waals surface area contributed by atoms with Gasteiger partial charge in [0.15, 0.2) is 5.76 Å². The predicted molar refractivity (Wildman–Crippen MR) is 73.3 cm³/mol. The van der Waals surface area contributed by atoms with Crippen LogP contribution in [-0.4, -0.2) is 16.6 Å². The van der Waals surface area contributed by atoms with Crippen molar-refractivity contribution in [2.75, 3.05) is 6.54 Å². The van der Waals surface area contributed by atoms with Gasteiger partial charge < -0.3 is 9.84 Å². The molecular weight excluding hydrogens is 238 g/mol. The third kappa shape index (κ3) is 2.85. The molecule has 2 aromatic rings. The number of aromatic nitrogens is 1. The molecule has 0 radical (unpaired) electrons. The Morgan fingerprint density at radius 2 is 2.00 bits per heavy atom. The van der Waals surface area contributed by atoms with E-state index in [1.807, 2.05) is 6.07 Å². The fraction of sp³-hybridized carbons (Fsp3) is 0.400. The van der Waals surface area contributed by atoms with Crippen molar-refractivity contribution in [1.29, 1.82) is 0 Å². The molecule has 4 heteroatoms. The molecule has 2 heterocycles. The van der Waals surface area contributed by atoms with Gasteiger partial charge in [-0.05, 0) is 17.7 Å². The van der Waals surface area contributed by atoms with E-state index < -0.39 is 0 Å². The van der Waals surface area contributed by atoms with Gasteiger partial charge in [0.05, 0.1) is 12.2 Å². The van der Waals surface area contributed by atoms with Crippen LogP contribution in [0.4, 0.5) is 0 Å². The van der Waals surface area contributed by atoms with Crippen molar-refractivity contribution in [1.82, 2.24) is 15.4 Å². The first-order valence-corrected chi connectivity index (χ1v) is 6.79. The molecule has 0 aliphatic carbocycles. The fourth-order valence-electron chi connectivity index (χ4n) is 2.50. The minimum Gasteiger partial charge on any atom is -0.360 e. The highest BCUT2D eigenvalue weighted by atomic mass is 16.5. The van der Waals surface area contributed by atoms with Crippen LogP contribution in [-0.2, 0) is 26.2 Å². The molecule has 100 valence electrons. The molecule has 1 aromatic heterocycles. The summed E-state index contributed by atoms with van der Waals surface area (Å²) in [5.41, 5.74) is 3.83. The summed E-state index contributed by atoms with van der Waals surface area (Å²) in [6, 6.07) is 10.7. The standard InChI is InChI=1S/C15H19N3O/c1-2-16-8-14-7-15(19-17-14)11-18-9-12-5-3-4-6-13(12)10-18/h3-7,16H,2,8-11H2,1H3. The second-order valence-electron chi connectivity index (χ2n) is 4.98. The van der Waals surface area contributed by atoms with E-state index in [0.29, 0.717) is 0 Å². The Morgan fingerprint density at radius 1 is 1.26 bits per heavy atom. The summed E-state index contributed by atoms with van der Waals surface area (Å²) in [5.74, 6) is 0.945.